The Bertz CT molecular complexity index is 325. The number of hydrogen-bond acceptors (Lipinski definition) is 2. The van der Waals surface area contributed by atoms with Crippen LogP contribution in [0.2, 0.25) is 0 Å². The van der Waals surface area contributed by atoms with Crippen molar-refractivity contribution >= 4 is 15.9 Å². The van der Waals surface area contributed by atoms with Gasteiger partial charge in [0, 0.05) is 16.4 Å². The third-order valence-corrected chi connectivity index (χ3v) is 3.03. The van der Waals surface area contributed by atoms with Crippen LogP contribution in [0.1, 0.15) is 25.5 Å². The van der Waals surface area contributed by atoms with E-state index in [2.05, 4.69) is 35.1 Å². The van der Waals surface area contributed by atoms with Crippen molar-refractivity contribution in [1.82, 2.24) is 5.32 Å². The van der Waals surface area contributed by atoms with Crippen molar-refractivity contribution in [2.75, 3.05) is 13.6 Å². The SMILES string of the molecule is CNCC(C)(C)C(O)c1cccc(Br)c1. The molecule has 1 rings (SSSR count). The molecule has 84 valence electrons. The van der Waals surface area contributed by atoms with Gasteiger partial charge in [-0.15, -0.1) is 0 Å². The van der Waals surface area contributed by atoms with E-state index in [4.69, 9.17) is 0 Å². The van der Waals surface area contributed by atoms with E-state index in [1.807, 2.05) is 31.3 Å². The first-order chi connectivity index (χ1) is 6.97. The van der Waals surface area contributed by atoms with Crippen LogP contribution >= 0.6 is 15.9 Å². The maximum Gasteiger partial charge on any atom is 0.0853 e. The van der Waals surface area contributed by atoms with E-state index in [-0.39, 0.29) is 5.41 Å². The molecule has 2 N–H and O–H groups in total. The molecule has 0 aliphatic heterocycles. The molecule has 1 aromatic carbocycles. The molecule has 0 saturated carbocycles. The summed E-state index contributed by atoms with van der Waals surface area (Å²) in [5, 5.41) is 13.3. The van der Waals surface area contributed by atoms with E-state index in [9.17, 15) is 5.11 Å². The second-order valence-corrected chi connectivity index (χ2v) is 5.39. The molecule has 0 aliphatic rings. The quantitative estimate of drug-likeness (QED) is 0.883. The zero-order valence-electron chi connectivity index (χ0n) is 9.42. The van der Waals surface area contributed by atoms with Gasteiger partial charge in [0.1, 0.15) is 0 Å². The summed E-state index contributed by atoms with van der Waals surface area (Å²) in [6.07, 6.45) is -0.456. The Labute approximate surface area is 99.8 Å². The third kappa shape index (κ3) is 3.30. The molecule has 0 radical (unpaired) electrons. The van der Waals surface area contributed by atoms with Crippen LogP contribution in [0.5, 0.6) is 0 Å². The van der Waals surface area contributed by atoms with Gasteiger partial charge in [-0.3, -0.25) is 0 Å². The van der Waals surface area contributed by atoms with E-state index in [1.165, 1.54) is 0 Å². The van der Waals surface area contributed by atoms with Crippen LogP contribution in [-0.2, 0) is 0 Å². The van der Waals surface area contributed by atoms with Gasteiger partial charge in [-0.05, 0) is 24.7 Å². The standard InChI is InChI=1S/C12H18BrNO/c1-12(2,8-14-3)11(15)9-5-4-6-10(13)7-9/h4-7,11,14-15H,8H2,1-3H3. The minimum absolute atomic E-state index is 0.171. The Morgan fingerprint density at radius 1 is 1.47 bits per heavy atom. The molecule has 0 heterocycles. The molecule has 0 fully saturated rings. The number of benzene rings is 1. The van der Waals surface area contributed by atoms with Crippen molar-refractivity contribution in [2.45, 2.75) is 20.0 Å². The molecule has 0 aliphatic carbocycles. The van der Waals surface area contributed by atoms with Crippen molar-refractivity contribution in [3.8, 4) is 0 Å². The Kier molecular flexibility index (Phi) is 4.32. The largest absolute Gasteiger partial charge is 0.388 e. The molecule has 0 bridgehead atoms. The molecular weight excluding hydrogens is 254 g/mol. The fourth-order valence-electron chi connectivity index (χ4n) is 1.68. The van der Waals surface area contributed by atoms with Crippen LogP contribution in [0.15, 0.2) is 28.7 Å². The lowest BCUT2D eigenvalue weighted by Crippen LogP contribution is -2.32. The zero-order chi connectivity index (χ0) is 11.5. The molecule has 1 aromatic rings. The fraction of sp³-hybridized carbons (Fsp3) is 0.500. The lowest BCUT2D eigenvalue weighted by Gasteiger charge is -2.30. The van der Waals surface area contributed by atoms with E-state index in [1.54, 1.807) is 0 Å². The number of rotatable bonds is 4. The summed E-state index contributed by atoms with van der Waals surface area (Å²) in [5.74, 6) is 0. The minimum atomic E-state index is -0.456. The Hall–Kier alpha value is -0.380. The molecule has 0 saturated heterocycles. The zero-order valence-corrected chi connectivity index (χ0v) is 11.0. The number of nitrogens with one attached hydrogen (secondary N) is 1. The van der Waals surface area contributed by atoms with Crippen molar-refractivity contribution in [3.05, 3.63) is 34.3 Å². The normalized spacial score (nSPS) is 13.9. The second-order valence-electron chi connectivity index (χ2n) is 4.48. The first-order valence-electron chi connectivity index (χ1n) is 5.05. The molecule has 15 heavy (non-hydrogen) atoms. The van der Waals surface area contributed by atoms with Crippen molar-refractivity contribution in [1.29, 1.82) is 0 Å². The van der Waals surface area contributed by atoms with E-state index >= 15 is 0 Å². The van der Waals surface area contributed by atoms with Gasteiger partial charge in [-0.1, -0.05) is 41.9 Å². The summed E-state index contributed by atoms with van der Waals surface area (Å²) in [4.78, 5) is 0. The highest BCUT2D eigenvalue weighted by Gasteiger charge is 2.28. The van der Waals surface area contributed by atoms with Gasteiger partial charge in [-0.2, -0.15) is 0 Å². The summed E-state index contributed by atoms with van der Waals surface area (Å²) in [7, 11) is 1.90. The first kappa shape index (κ1) is 12.7. The third-order valence-electron chi connectivity index (χ3n) is 2.54. The van der Waals surface area contributed by atoms with Crippen molar-refractivity contribution < 1.29 is 5.11 Å². The molecule has 0 aromatic heterocycles. The predicted molar refractivity (Wildman–Crippen MR) is 66.8 cm³/mol. The van der Waals surface area contributed by atoms with Crippen LogP contribution in [0.4, 0.5) is 0 Å². The van der Waals surface area contributed by atoms with Crippen LogP contribution in [0.25, 0.3) is 0 Å². The number of hydrogen-bond donors (Lipinski definition) is 2. The fourth-order valence-corrected chi connectivity index (χ4v) is 2.10. The van der Waals surface area contributed by atoms with Gasteiger partial charge >= 0.3 is 0 Å². The number of halogens is 1. The molecule has 1 atom stereocenters. The van der Waals surface area contributed by atoms with Gasteiger partial charge in [0.15, 0.2) is 0 Å². The van der Waals surface area contributed by atoms with Crippen LogP contribution in [-0.4, -0.2) is 18.7 Å². The van der Waals surface area contributed by atoms with Crippen LogP contribution in [0.3, 0.4) is 0 Å². The average molecular weight is 272 g/mol. The summed E-state index contributed by atoms with van der Waals surface area (Å²) >= 11 is 3.41. The molecule has 3 heteroatoms. The summed E-state index contributed by atoms with van der Waals surface area (Å²) in [6, 6.07) is 7.81. The van der Waals surface area contributed by atoms with Gasteiger partial charge in [0.25, 0.3) is 0 Å². The van der Waals surface area contributed by atoms with Gasteiger partial charge in [-0.25, -0.2) is 0 Å². The predicted octanol–water partition coefficient (Wildman–Crippen LogP) is 2.73. The van der Waals surface area contributed by atoms with Crippen LogP contribution in [0, 0.1) is 5.41 Å². The summed E-state index contributed by atoms with van der Waals surface area (Å²) < 4.78 is 0.999. The van der Waals surface area contributed by atoms with Crippen LogP contribution < -0.4 is 5.32 Å². The highest BCUT2D eigenvalue weighted by Crippen LogP contribution is 2.33. The molecule has 1 unspecified atom stereocenters. The molecule has 2 nitrogen and oxygen atoms in total. The second kappa shape index (κ2) is 5.10. The lowest BCUT2D eigenvalue weighted by atomic mass is 9.82. The number of aliphatic hydroxyl groups is 1. The van der Waals surface area contributed by atoms with Crippen molar-refractivity contribution in [3.63, 3.8) is 0 Å². The minimum Gasteiger partial charge on any atom is -0.388 e. The number of aliphatic hydroxyl groups excluding tert-OH is 1. The van der Waals surface area contributed by atoms with E-state index < -0.39 is 6.10 Å². The Morgan fingerprint density at radius 2 is 2.13 bits per heavy atom. The summed E-state index contributed by atoms with van der Waals surface area (Å²) in [6.45, 7) is 4.88. The maximum atomic E-state index is 10.2. The van der Waals surface area contributed by atoms with Gasteiger partial charge < -0.3 is 10.4 Å². The first-order valence-corrected chi connectivity index (χ1v) is 5.85. The lowest BCUT2D eigenvalue weighted by molar-refractivity contribution is 0.0506. The average Bonchev–Trinajstić information content (AvgIpc) is 2.16. The Morgan fingerprint density at radius 3 is 2.67 bits per heavy atom. The van der Waals surface area contributed by atoms with Gasteiger partial charge in [0.2, 0.25) is 0 Å². The highest BCUT2D eigenvalue weighted by molar-refractivity contribution is 9.10. The smallest absolute Gasteiger partial charge is 0.0853 e. The molecule has 0 spiro atoms. The van der Waals surface area contributed by atoms with Crippen molar-refractivity contribution in [2.24, 2.45) is 5.41 Å². The topological polar surface area (TPSA) is 32.3 Å². The molecule has 0 amide bonds. The van der Waals surface area contributed by atoms with E-state index in [0.29, 0.717) is 0 Å². The van der Waals surface area contributed by atoms with E-state index in [0.717, 1.165) is 16.6 Å². The monoisotopic (exact) mass is 271 g/mol. The van der Waals surface area contributed by atoms with Gasteiger partial charge in [0.05, 0.1) is 6.10 Å². The maximum absolute atomic E-state index is 10.2. The highest BCUT2D eigenvalue weighted by atomic mass is 79.9. The molecular formula is C12H18BrNO. The summed E-state index contributed by atoms with van der Waals surface area (Å²) in [5.41, 5.74) is 0.778. The Balaban J connectivity index is 2.88.